The summed E-state index contributed by atoms with van der Waals surface area (Å²) in [6, 6.07) is 5.06. The van der Waals surface area contributed by atoms with Gasteiger partial charge >= 0.3 is 5.97 Å². The van der Waals surface area contributed by atoms with Crippen LogP contribution in [0.4, 0.5) is 0 Å². The van der Waals surface area contributed by atoms with Gasteiger partial charge in [0, 0.05) is 6.04 Å². The minimum absolute atomic E-state index is 0.198. The van der Waals surface area contributed by atoms with Crippen molar-refractivity contribution in [2.24, 2.45) is 0 Å². The summed E-state index contributed by atoms with van der Waals surface area (Å²) in [6.45, 7) is 6.28. The molecule has 0 heterocycles. The predicted octanol–water partition coefficient (Wildman–Crippen LogP) is 3.09. The van der Waals surface area contributed by atoms with Crippen LogP contribution in [0, 0.1) is 0 Å². The summed E-state index contributed by atoms with van der Waals surface area (Å²) >= 11 is 0. The second-order valence-electron chi connectivity index (χ2n) is 6.07. The number of ether oxygens (including phenoxy) is 3. The van der Waals surface area contributed by atoms with Crippen LogP contribution in [0.2, 0.25) is 0 Å². The number of carbonyl (C=O) groups excluding carboxylic acids is 2. The summed E-state index contributed by atoms with van der Waals surface area (Å²) < 4.78 is 16.3. The van der Waals surface area contributed by atoms with Gasteiger partial charge in [0.15, 0.2) is 17.6 Å². The molecule has 1 N–H and O–H groups in total. The summed E-state index contributed by atoms with van der Waals surface area (Å²) in [4.78, 5) is 24.5. The van der Waals surface area contributed by atoms with Crippen LogP contribution in [0.5, 0.6) is 11.5 Å². The zero-order chi connectivity index (χ0) is 18.2. The van der Waals surface area contributed by atoms with E-state index < -0.39 is 12.1 Å². The van der Waals surface area contributed by atoms with Crippen LogP contribution < -0.4 is 14.8 Å². The van der Waals surface area contributed by atoms with Gasteiger partial charge in [-0.25, -0.2) is 4.79 Å². The van der Waals surface area contributed by atoms with E-state index in [1.165, 1.54) is 0 Å². The first kappa shape index (κ1) is 19.1. The van der Waals surface area contributed by atoms with Gasteiger partial charge in [-0.15, -0.1) is 0 Å². The predicted molar refractivity (Wildman–Crippen MR) is 94.1 cm³/mol. The molecule has 1 aromatic carbocycles. The van der Waals surface area contributed by atoms with Crippen molar-refractivity contribution in [2.45, 2.75) is 58.6 Å². The van der Waals surface area contributed by atoms with E-state index in [2.05, 4.69) is 5.32 Å². The molecule has 138 valence electrons. The molecule has 1 atom stereocenters. The number of hydrogen-bond donors (Lipinski definition) is 1. The first-order chi connectivity index (χ1) is 12.0. The third kappa shape index (κ3) is 5.37. The van der Waals surface area contributed by atoms with E-state index in [0.717, 1.165) is 25.7 Å². The molecular weight excluding hydrogens is 322 g/mol. The lowest BCUT2D eigenvalue weighted by atomic mass is 10.2. The lowest BCUT2D eigenvalue weighted by Gasteiger charge is -2.17. The molecule has 1 aliphatic carbocycles. The molecule has 0 aliphatic heterocycles. The fourth-order valence-corrected chi connectivity index (χ4v) is 2.85. The SMILES string of the molecule is CCOc1ccc(C(=O)O[C@H](C)C(=O)NC2CCCC2)cc1OCC. The second-order valence-corrected chi connectivity index (χ2v) is 6.07. The Balaban J connectivity index is 1.98. The highest BCUT2D eigenvalue weighted by molar-refractivity contribution is 5.92. The normalized spacial score (nSPS) is 15.5. The maximum atomic E-state index is 12.3. The quantitative estimate of drug-likeness (QED) is 0.730. The van der Waals surface area contributed by atoms with E-state index in [1.54, 1.807) is 25.1 Å². The Labute approximate surface area is 148 Å². The number of nitrogens with one attached hydrogen (secondary N) is 1. The molecule has 0 saturated heterocycles. The van der Waals surface area contributed by atoms with Gasteiger partial charge in [-0.05, 0) is 51.8 Å². The smallest absolute Gasteiger partial charge is 0.339 e. The van der Waals surface area contributed by atoms with Gasteiger partial charge in [-0.1, -0.05) is 12.8 Å². The van der Waals surface area contributed by atoms with Crippen molar-refractivity contribution in [3.8, 4) is 11.5 Å². The van der Waals surface area contributed by atoms with E-state index in [0.29, 0.717) is 30.3 Å². The largest absolute Gasteiger partial charge is 0.490 e. The molecule has 0 radical (unpaired) electrons. The Morgan fingerprint density at radius 1 is 1.12 bits per heavy atom. The van der Waals surface area contributed by atoms with Crippen LogP contribution in [0.25, 0.3) is 0 Å². The number of amides is 1. The van der Waals surface area contributed by atoms with Crippen molar-refractivity contribution in [3.05, 3.63) is 23.8 Å². The minimum atomic E-state index is -0.838. The topological polar surface area (TPSA) is 73.9 Å². The van der Waals surface area contributed by atoms with E-state index >= 15 is 0 Å². The van der Waals surface area contributed by atoms with Gasteiger partial charge in [-0.2, -0.15) is 0 Å². The molecule has 1 saturated carbocycles. The molecule has 1 fully saturated rings. The number of rotatable bonds is 8. The Bertz CT molecular complexity index is 595. The first-order valence-corrected chi connectivity index (χ1v) is 8.96. The van der Waals surface area contributed by atoms with E-state index in [1.807, 2.05) is 13.8 Å². The lowest BCUT2D eigenvalue weighted by molar-refractivity contribution is -0.129. The van der Waals surface area contributed by atoms with Crippen molar-refractivity contribution in [3.63, 3.8) is 0 Å². The fourth-order valence-electron chi connectivity index (χ4n) is 2.85. The molecule has 1 aliphatic rings. The van der Waals surface area contributed by atoms with Crippen LogP contribution >= 0.6 is 0 Å². The van der Waals surface area contributed by atoms with Crippen LogP contribution in [-0.4, -0.2) is 37.2 Å². The third-order valence-corrected chi connectivity index (χ3v) is 4.13. The number of carbonyl (C=O) groups is 2. The van der Waals surface area contributed by atoms with Crippen LogP contribution in [0.3, 0.4) is 0 Å². The van der Waals surface area contributed by atoms with Crippen LogP contribution in [0.1, 0.15) is 56.8 Å². The zero-order valence-corrected chi connectivity index (χ0v) is 15.2. The zero-order valence-electron chi connectivity index (χ0n) is 15.2. The molecule has 1 aromatic rings. The fraction of sp³-hybridized carbons (Fsp3) is 0.579. The molecule has 6 heteroatoms. The summed E-state index contributed by atoms with van der Waals surface area (Å²) in [5.74, 6) is 0.254. The molecule has 6 nitrogen and oxygen atoms in total. The second kappa shape index (κ2) is 9.30. The number of hydrogen-bond acceptors (Lipinski definition) is 5. The number of esters is 1. The summed E-state index contributed by atoms with van der Waals surface area (Å²) in [5.41, 5.74) is 0.326. The molecular formula is C19H27NO5. The van der Waals surface area contributed by atoms with Gasteiger partial charge in [0.2, 0.25) is 0 Å². The Morgan fingerprint density at radius 3 is 2.40 bits per heavy atom. The number of benzene rings is 1. The Morgan fingerprint density at radius 2 is 1.76 bits per heavy atom. The van der Waals surface area contributed by atoms with Crippen molar-refractivity contribution < 1.29 is 23.8 Å². The molecule has 0 aromatic heterocycles. The van der Waals surface area contributed by atoms with E-state index in [-0.39, 0.29) is 11.9 Å². The van der Waals surface area contributed by atoms with Gasteiger partial charge in [0.25, 0.3) is 5.91 Å². The third-order valence-electron chi connectivity index (χ3n) is 4.13. The van der Waals surface area contributed by atoms with Gasteiger partial charge in [0.1, 0.15) is 0 Å². The van der Waals surface area contributed by atoms with Crippen LogP contribution in [-0.2, 0) is 9.53 Å². The van der Waals surface area contributed by atoms with Gasteiger partial charge in [-0.3, -0.25) is 4.79 Å². The van der Waals surface area contributed by atoms with Crippen molar-refractivity contribution in [1.29, 1.82) is 0 Å². The first-order valence-electron chi connectivity index (χ1n) is 8.96. The Kier molecular flexibility index (Phi) is 7.10. The highest BCUT2D eigenvalue weighted by Crippen LogP contribution is 2.29. The molecule has 1 amide bonds. The van der Waals surface area contributed by atoms with Gasteiger partial charge in [0.05, 0.1) is 18.8 Å². The summed E-state index contributed by atoms with van der Waals surface area (Å²) in [5, 5.41) is 2.93. The average Bonchev–Trinajstić information content (AvgIpc) is 3.09. The van der Waals surface area contributed by atoms with Crippen molar-refractivity contribution >= 4 is 11.9 Å². The molecule has 0 unspecified atom stereocenters. The van der Waals surface area contributed by atoms with Gasteiger partial charge < -0.3 is 19.5 Å². The highest BCUT2D eigenvalue weighted by Gasteiger charge is 2.24. The highest BCUT2D eigenvalue weighted by atomic mass is 16.5. The molecule has 0 spiro atoms. The minimum Gasteiger partial charge on any atom is -0.490 e. The Hall–Kier alpha value is -2.24. The monoisotopic (exact) mass is 349 g/mol. The lowest BCUT2D eigenvalue weighted by Crippen LogP contribution is -2.40. The molecule has 2 rings (SSSR count). The van der Waals surface area contributed by atoms with Crippen molar-refractivity contribution in [1.82, 2.24) is 5.32 Å². The average molecular weight is 349 g/mol. The standard InChI is InChI=1S/C19H27NO5/c1-4-23-16-11-10-14(12-17(16)24-5-2)19(22)25-13(3)18(21)20-15-8-6-7-9-15/h10-13,15H,4-9H2,1-3H3,(H,20,21)/t13-/m1/s1. The molecule has 0 bridgehead atoms. The van der Waals surface area contributed by atoms with E-state index in [9.17, 15) is 9.59 Å². The van der Waals surface area contributed by atoms with Crippen molar-refractivity contribution in [2.75, 3.05) is 13.2 Å². The maximum Gasteiger partial charge on any atom is 0.339 e. The van der Waals surface area contributed by atoms with E-state index in [4.69, 9.17) is 14.2 Å². The van der Waals surface area contributed by atoms with Crippen LogP contribution in [0.15, 0.2) is 18.2 Å². The summed E-state index contributed by atoms with van der Waals surface area (Å²) in [6.07, 6.45) is 3.40. The summed E-state index contributed by atoms with van der Waals surface area (Å²) in [7, 11) is 0. The molecule has 25 heavy (non-hydrogen) atoms. The maximum absolute atomic E-state index is 12.3.